The first-order chi connectivity index (χ1) is 7.97. The van der Waals surface area contributed by atoms with Crippen LogP contribution in [-0.2, 0) is 6.54 Å². The summed E-state index contributed by atoms with van der Waals surface area (Å²) in [7, 11) is 0. The molecule has 0 unspecified atom stereocenters. The van der Waals surface area contributed by atoms with Crippen molar-refractivity contribution in [3.8, 4) is 0 Å². The van der Waals surface area contributed by atoms with Crippen molar-refractivity contribution >= 4 is 11.8 Å². The van der Waals surface area contributed by atoms with Gasteiger partial charge in [-0.05, 0) is 25.5 Å². The van der Waals surface area contributed by atoms with E-state index in [0.29, 0.717) is 19.5 Å². The molecule has 0 atom stereocenters. The molecule has 1 N–H and O–H groups in total. The molecule has 1 aromatic carbocycles. The Labute approximate surface area is 104 Å². The summed E-state index contributed by atoms with van der Waals surface area (Å²) in [5.74, 6) is 0.115. The molecule has 0 heterocycles. The van der Waals surface area contributed by atoms with E-state index in [-0.39, 0.29) is 17.5 Å². The van der Waals surface area contributed by atoms with E-state index in [9.17, 15) is 13.2 Å². The van der Waals surface area contributed by atoms with Gasteiger partial charge in [-0.15, -0.1) is 0 Å². The fourth-order valence-electron chi connectivity index (χ4n) is 1.44. The first-order valence-corrected chi connectivity index (χ1v) is 6.43. The summed E-state index contributed by atoms with van der Waals surface area (Å²) < 4.78 is 35.5. The van der Waals surface area contributed by atoms with E-state index >= 15 is 0 Å². The molecule has 17 heavy (non-hydrogen) atoms. The third-order valence-electron chi connectivity index (χ3n) is 2.18. The van der Waals surface area contributed by atoms with Gasteiger partial charge in [0.1, 0.15) is 0 Å². The SMILES string of the molecule is Cc1cccc(CNCCCSC(F)(F)F)c1. The molecule has 5 heteroatoms. The van der Waals surface area contributed by atoms with Crippen molar-refractivity contribution in [3.63, 3.8) is 0 Å². The van der Waals surface area contributed by atoms with Gasteiger partial charge in [-0.25, -0.2) is 0 Å². The highest BCUT2D eigenvalue weighted by atomic mass is 32.2. The molecule has 0 fully saturated rings. The molecular weight excluding hydrogens is 247 g/mol. The van der Waals surface area contributed by atoms with Gasteiger partial charge in [-0.2, -0.15) is 13.2 Å². The van der Waals surface area contributed by atoms with Gasteiger partial charge in [0, 0.05) is 12.3 Å². The molecular formula is C12H16F3NS. The standard InChI is InChI=1S/C12H16F3NS/c1-10-4-2-5-11(8-10)9-16-6-3-7-17-12(13,14)15/h2,4-5,8,16H,3,6-7,9H2,1H3. The molecule has 96 valence electrons. The Morgan fingerprint density at radius 3 is 2.71 bits per heavy atom. The summed E-state index contributed by atoms with van der Waals surface area (Å²) in [6, 6.07) is 8.07. The average molecular weight is 263 g/mol. The molecule has 1 rings (SSSR count). The summed E-state index contributed by atoms with van der Waals surface area (Å²) in [6.07, 6.45) is 0.524. The zero-order chi connectivity index (χ0) is 12.7. The van der Waals surface area contributed by atoms with Crippen LogP contribution in [0.4, 0.5) is 13.2 Å². The van der Waals surface area contributed by atoms with Gasteiger partial charge in [-0.1, -0.05) is 41.6 Å². The van der Waals surface area contributed by atoms with Gasteiger partial charge in [-0.3, -0.25) is 0 Å². The normalized spacial score (nSPS) is 11.8. The number of nitrogens with one attached hydrogen (secondary N) is 1. The predicted octanol–water partition coefficient (Wildman–Crippen LogP) is 3.73. The molecule has 0 radical (unpaired) electrons. The Bertz CT molecular complexity index is 339. The van der Waals surface area contributed by atoms with Crippen molar-refractivity contribution in [2.75, 3.05) is 12.3 Å². The Kier molecular flexibility index (Phi) is 5.85. The Hall–Kier alpha value is -0.680. The summed E-state index contributed by atoms with van der Waals surface area (Å²) >= 11 is 0.0423. The molecule has 1 nitrogen and oxygen atoms in total. The van der Waals surface area contributed by atoms with Crippen LogP contribution in [0.15, 0.2) is 24.3 Å². The second-order valence-corrected chi connectivity index (χ2v) is 4.97. The quantitative estimate of drug-likeness (QED) is 0.785. The smallest absolute Gasteiger partial charge is 0.313 e. The van der Waals surface area contributed by atoms with Crippen LogP contribution in [0.1, 0.15) is 17.5 Å². The van der Waals surface area contributed by atoms with Gasteiger partial charge in [0.05, 0.1) is 0 Å². The molecule has 0 amide bonds. The third kappa shape index (κ3) is 7.28. The fourth-order valence-corrected chi connectivity index (χ4v) is 1.96. The van der Waals surface area contributed by atoms with Crippen LogP contribution in [-0.4, -0.2) is 17.8 Å². The zero-order valence-corrected chi connectivity index (χ0v) is 10.5. The topological polar surface area (TPSA) is 12.0 Å². The lowest BCUT2D eigenvalue weighted by Crippen LogP contribution is -2.16. The average Bonchev–Trinajstić information content (AvgIpc) is 2.22. The van der Waals surface area contributed by atoms with Gasteiger partial charge in [0.2, 0.25) is 0 Å². The minimum absolute atomic E-state index is 0.0423. The zero-order valence-electron chi connectivity index (χ0n) is 9.68. The summed E-state index contributed by atoms with van der Waals surface area (Å²) in [6.45, 7) is 3.33. The van der Waals surface area contributed by atoms with Gasteiger partial charge in [0.25, 0.3) is 0 Å². The lowest BCUT2D eigenvalue weighted by molar-refractivity contribution is -0.0327. The van der Waals surface area contributed by atoms with Crippen LogP contribution < -0.4 is 5.32 Å². The number of benzene rings is 1. The summed E-state index contributed by atoms with van der Waals surface area (Å²) in [5, 5.41) is 3.13. The maximum Gasteiger partial charge on any atom is 0.441 e. The third-order valence-corrected chi connectivity index (χ3v) is 3.00. The van der Waals surface area contributed by atoms with Crippen LogP contribution in [0.2, 0.25) is 0 Å². The predicted molar refractivity (Wildman–Crippen MR) is 66.0 cm³/mol. The van der Waals surface area contributed by atoms with Crippen molar-refractivity contribution in [3.05, 3.63) is 35.4 Å². The first kappa shape index (κ1) is 14.4. The number of alkyl halides is 3. The Balaban J connectivity index is 2.09. The largest absolute Gasteiger partial charge is 0.441 e. The van der Waals surface area contributed by atoms with Gasteiger partial charge in [0.15, 0.2) is 0 Å². The number of rotatable bonds is 6. The van der Waals surface area contributed by atoms with Crippen molar-refractivity contribution < 1.29 is 13.2 Å². The lowest BCUT2D eigenvalue weighted by atomic mass is 10.1. The number of hydrogen-bond acceptors (Lipinski definition) is 2. The number of aryl methyl sites for hydroxylation is 1. The number of hydrogen-bond donors (Lipinski definition) is 1. The maximum absolute atomic E-state index is 11.8. The summed E-state index contributed by atoms with van der Waals surface area (Å²) in [5.41, 5.74) is -1.75. The Morgan fingerprint density at radius 2 is 2.06 bits per heavy atom. The fraction of sp³-hybridized carbons (Fsp3) is 0.500. The van der Waals surface area contributed by atoms with E-state index in [0.717, 1.165) is 5.56 Å². The first-order valence-electron chi connectivity index (χ1n) is 5.44. The molecule has 0 spiro atoms. The van der Waals surface area contributed by atoms with Crippen LogP contribution >= 0.6 is 11.8 Å². The second-order valence-electron chi connectivity index (χ2n) is 3.81. The monoisotopic (exact) mass is 263 g/mol. The minimum atomic E-state index is -4.10. The van der Waals surface area contributed by atoms with Crippen molar-refractivity contribution in [1.29, 1.82) is 0 Å². The molecule has 0 aliphatic heterocycles. The van der Waals surface area contributed by atoms with E-state index in [1.807, 2.05) is 25.1 Å². The van der Waals surface area contributed by atoms with Crippen molar-refractivity contribution in [2.24, 2.45) is 0 Å². The lowest BCUT2D eigenvalue weighted by Gasteiger charge is -2.07. The molecule has 0 aromatic heterocycles. The molecule has 0 aliphatic carbocycles. The van der Waals surface area contributed by atoms with Crippen molar-refractivity contribution in [1.82, 2.24) is 5.32 Å². The molecule has 0 saturated heterocycles. The van der Waals surface area contributed by atoms with Crippen LogP contribution in [0, 0.1) is 6.92 Å². The van der Waals surface area contributed by atoms with E-state index in [4.69, 9.17) is 0 Å². The van der Waals surface area contributed by atoms with E-state index in [1.165, 1.54) is 5.56 Å². The highest BCUT2D eigenvalue weighted by molar-refractivity contribution is 8.00. The van der Waals surface area contributed by atoms with Crippen LogP contribution in [0.5, 0.6) is 0 Å². The van der Waals surface area contributed by atoms with E-state index in [1.54, 1.807) is 0 Å². The Morgan fingerprint density at radius 1 is 1.29 bits per heavy atom. The molecule has 0 saturated carbocycles. The summed E-state index contributed by atoms with van der Waals surface area (Å²) in [4.78, 5) is 0. The molecule has 1 aromatic rings. The maximum atomic E-state index is 11.8. The molecule has 0 aliphatic rings. The van der Waals surface area contributed by atoms with Crippen molar-refractivity contribution in [2.45, 2.75) is 25.4 Å². The van der Waals surface area contributed by atoms with Gasteiger partial charge >= 0.3 is 5.51 Å². The minimum Gasteiger partial charge on any atom is -0.313 e. The highest BCUT2D eigenvalue weighted by Gasteiger charge is 2.27. The van der Waals surface area contributed by atoms with Gasteiger partial charge < -0.3 is 5.32 Å². The van der Waals surface area contributed by atoms with E-state index in [2.05, 4.69) is 11.4 Å². The highest BCUT2D eigenvalue weighted by Crippen LogP contribution is 2.30. The molecule has 0 bridgehead atoms. The van der Waals surface area contributed by atoms with Crippen LogP contribution in [0.25, 0.3) is 0 Å². The van der Waals surface area contributed by atoms with Crippen LogP contribution in [0.3, 0.4) is 0 Å². The number of thioether (sulfide) groups is 1. The second kappa shape index (κ2) is 6.91. The van der Waals surface area contributed by atoms with E-state index < -0.39 is 5.51 Å². The number of halogens is 3.